The van der Waals surface area contributed by atoms with E-state index < -0.39 is 11.6 Å². The van der Waals surface area contributed by atoms with Crippen molar-refractivity contribution in [2.24, 2.45) is 4.99 Å². The van der Waals surface area contributed by atoms with Gasteiger partial charge in [-0.2, -0.15) is 0 Å². The third kappa shape index (κ3) is 5.36. The van der Waals surface area contributed by atoms with Crippen LogP contribution >= 0.6 is 11.6 Å². The molecular weight excluding hydrogens is 492 g/mol. The molecule has 5 nitrogen and oxygen atoms in total. The summed E-state index contributed by atoms with van der Waals surface area (Å²) in [5, 5.41) is 3.66. The highest BCUT2D eigenvalue weighted by molar-refractivity contribution is 6.31. The molecule has 184 valence electrons. The minimum atomic E-state index is -0.697. The number of aromatic nitrogens is 2. The zero-order valence-electron chi connectivity index (χ0n) is 20.2. The van der Waals surface area contributed by atoms with Gasteiger partial charge >= 0.3 is 0 Å². The van der Waals surface area contributed by atoms with E-state index in [-0.39, 0.29) is 17.8 Å². The van der Waals surface area contributed by atoms with Gasteiger partial charge in [-0.1, -0.05) is 41.6 Å². The van der Waals surface area contributed by atoms with Crippen LogP contribution in [0.1, 0.15) is 22.3 Å². The van der Waals surface area contributed by atoms with E-state index in [1.807, 2.05) is 43.3 Å². The molecule has 37 heavy (non-hydrogen) atoms. The Kier molecular flexibility index (Phi) is 6.95. The fraction of sp³-hybridized carbons (Fsp3) is 0.138. The molecule has 0 aliphatic carbocycles. The number of rotatable bonds is 4. The summed E-state index contributed by atoms with van der Waals surface area (Å²) < 4.78 is 29.5. The van der Waals surface area contributed by atoms with E-state index in [0.717, 1.165) is 16.8 Å². The Labute approximate surface area is 218 Å². The van der Waals surface area contributed by atoms with Crippen LogP contribution in [0.3, 0.4) is 0 Å². The van der Waals surface area contributed by atoms with Crippen molar-refractivity contribution in [1.82, 2.24) is 14.9 Å². The summed E-state index contributed by atoms with van der Waals surface area (Å²) >= 11 is 6.29. The molecule has 0 atom stereocenters. The predicted octanol–water partition coefficient (Wildman–Crippen LogP) is 6.08. The molecule has 1 N–H and O–H groups in total. The molecule has 4 aromatic rings. The van der Waals surface area contributed by atoms with Crippen LogP contribution in [0.25, 0.3) is 11.3 Å². The molecule has 0 fully saturated rings. The Bertz CT molecular complexity index is 1570. The van der Waals surface area contributed by atoms with Gasteiger partial charge in [-0.3, -0.25) is 9.89 Å². The molecule has 0 bridgehead atoms. The first-order chi connectivity index (χ1) is 17.9. The van der Waals surface area contributed by atoms with Crippen LogP contribution in [-0.2, 0) is 6.54 Å². The van der Waals surface area contributed by atoms with Crippen LogP contribution in [0.4, 0.5) is 20.4 Å². The third-order valence-corrected chi connectivity index (χ3v) is 5.95. The fourth-order valence-corrected chi connectivity index (χ4v) is 4.20. The largest absolute Gasteiger partial charge is 0.324 e. The Morgan fingerprint density at radius 3 is 2.57 bits per heavy atom. The maximum Gasteiger partial charge on any atom is 0.227 e. The topological polar surface area (TPSA) is 53.4 Å². The normalized spacial score (nSPS) is 12.1. The van der Waals surface area contributed by atoms with Crippen LogP contribution < -0.4 is 5.32 Å². The van der Waals surface area contributed by atoms with Crippen molar-refractivity contribution in [3.63, 3.8) is 0 Å². The molecule has 3 aromatic carbocycles. The molecule has 8 heteroatoms. The summed E-state index contributed by atoms with van der Waals surface area (Å²) in [6, 6.07) is 16.6. The van der Waals surface area contributed by atoms with Gasteiger partial charge in [0.05, 0.1) is 30.1 Å². The standard InChI is InChI=1S/C29H22ClF2N5/c1-37(2)13-5-7-18-6-3-8-21(14-18)35-29-34-17-19-16-33-28(26-24(31)9-4-10-25(26)32)23-15-20(30)11-12-22(23)27(19)36-29/h3-4,6,8-12,14-15,17H,13,16H2,1-2H3,(H,34,35,36). The van der Waals surface area contributed by atoms with Gasteiger partial charge in [-0.05, 0) is 56.6 Å². The zero-order valence-corrected chi connectivity index (χ0v) is 20.9. The smallest absolute Gasteiger partial charge is 0.227 e. The highest BCUT2D eigenvalue weighted by Gasteiger charge is 2.25. The number of hydrogen-bond acceptors (Lipinski definition) is 5. The quantitative estimate of drug-likeness (QED) is 0.336. The summed E-state index contributed by atoms with van der Waals surface area (Å²) in [6.45, 7) is 0.817. The number of nitrogens with one attached hydrogen (secondary N) is 1. The predicted molar refractivity (Wildman–Crippen MR) is 143 cm³/mol. The van der Waals surface area contributed by atoms with Crippen molar-refractivity contribution in [2.75, 3.05) is 26.0 Å². The second-order valence-corrected chi connectivity index (χ2v) is 9.20. The zero-order chi connectivity index (χ0) is 25.9. The van der Waals surface area contributed by atoms with E-state index >= 15 is 0 Å². The van der Waals surface area contributed by atoms with Gasteiger partial charge in [0.1, 0.15) is 11.6 Å². The molecule has 1 aliphatic heterocycles. The lowest BCUT2D eigenvalue weighted by atomic mass is 9.95. The highest BCUT2D eigenvalue weighted by Crippen LogP contribution is 2.34. The molecule has 5 rings (SSSR count). The lowest BCUT2D eigenvalue weighted by Crippen LogP contribution is -2.10. The van der Waals surface area contributed by atoms with E-state index in [4.69, 9.17) is 16.6 Å². The van der Waals surface area contributed by atoms with Crippen molar-refractivity contribution in [2.45, 2.75) is 6.54 Å². The molecule has 1 aliphatic rings. The van der Waals surface area contributed by atoms with Gasteiger partial charge in [0.2, 0.25) is 5.95 Å². The number of anilines is 2. The van der Waals surface area contributed by atoms with E-state index in [1.54, 1.807) is 24.4 Å². The van der Waals surface area contributed by atoms with Gasteiger partial charge in [-0.25, -0.2) is 18.7 Å². The van der Waals surface area contributed by atoms with E-state index in [9.17, 15) is 8.78 Å². The second-order valence-electron chi connectivity index (χ2n) is 8.76. The van der Waals surface area contributed by atoms with Crippen LogP contribution in [0.2, 0.25) is 5.02 Å². The van der Waals surface area contributed by atoms with Crippen LogP contribution in [-0.4, -0.2) is 41.2 Å². The van der Waals surface area contributed by atoms with Gasteiger partial charge in [0.25, 0.3) is 0 Å². The molecule has 2 heterocycles. The maximum absolute atomic E-state index is 14.7. The Morgan fingerprint density at radius 2 is 1.78 bits per heavy atom. The van der Waals surface area contributed by atoms with Gasteiger partial charge in [0.15, 0.2) is 0 Å². The molecule has 0 saturated carbocycles. The molecular formula is C29H22ClF2N5. The summed E-state index contributed by atoms with van der Waals surface area (Å²) in [6.07, 6.45) is 1.67. The van der Waals surface area contributed by atoms with E-state index in [2.05, 4.69) is 27.1 Å². The first kappa shape index (κ1) is 24.6. The molecule has 0 saturated heterocycles. The van der Waals surface area contributed by atoms with E-state index in [0.29, 0.717) is 34.3 Å². The van der Waals surface area contributed by atoms with E-state index in [1.165, 1.54) is 18.2 Å². The van der Waals surface area contributed by atoms with Crippen LogP contribution in [0.15, 0.2) is 71.9 Å². The number of benzene rings is 3. The number of hydrogen-bond donors (Lipinski definition) is 1. The lowest BCUT2D eigenvalue weighted by molar-refractivity contribution is 0.464. The minimum Gasteiger partial charge on any atom is -0.324 e. The molecule has 0 radical (unpaired) electrons. The first-order valence-electron chi connectivity index (χ1n) is 11.5. The van der Waals surface area contributed by atoms with Crippen molar-refractivity contribution < 1.29 is 8.78 Å². The number of halogens is 3. The van der Waals surface area contributed by atoms with Crippen molar-refractivity contribution in [1.29, 1.82) is 0 Å². The molecule has 0 amide bonds. The minimum absolute atomic E-state index is 0.155. The molecule has 1 aromatic heterocycles. The summed E-state index contributed by atoms with van der Waals surface area (Å²) in [7, 11) is 3.94. The SMILES string of the molecule is CN(C)CC#Cc1cccc(Nc2ncc3c(n2)-c2ccc(Cl)cc2C(c2c(F)cccc2F)=NC3)c1. The average molecular weight is 514 g/mol. The van der Waals surface area contributed by atoms with Crippen molar-refractivity contribution in [3.8, 4) is 23.1 Å². The molecule has 0 spiro atoms. The van der Waals surface area contributed by atoms with Gasteiger partial charge in [-0.15, -0.1) is 0 Å². The maximum atomic E-state index is 14.7. The second kappa shape index (κ2) is 10.5. The first-order valence-corrected chi connectivity index (χ1v) is 11.9. The van der Waals surface area contributed by atoms with Gasteiger partial charge in [0, 0.05) is 39.2 Å². The Balaban J connectivity index is 1.53. The highest BCUT2D eigenvalue weighted by atomic mass is 35.5. The average Bonchev–Trinajstić information content (AvgIpc) is 3.01. The summed E-state index contributed by atoms with van der Waals surface area (Å²) in [5.74, 6) is 5.25. The Hall–Kier alpha value is -4.12. The van der Waals surface area contributed by atoms with Gasteiger partial charge < -0.3 is 5.32 Å². The summed E-state index contributed by atoms with van der Waals surface area (Å²) in [4.78, 5) is 15.8. The fourth-order valence-electron chi connectivity index (χ4n) is 4.03. The monoisotopic (exact) mass is 513 g/mol. The molecule has 0 unspecified atom stereocenters. The summed E-state index contributed by atoms with van der Waals surface area (Å²) in [5.41, 5.74) is 4.14. The van der Waals surface area contributed by atoms with Crippen LogP contribution in [0.5, 0.6) is 0 Å². The number of aliphatic imine (C=N–C) groups is 1. The van der Waals surface area contributed by atoms with Crippen LogP contribution in [0, 0.1) is 23.5 Å². The van der Waals surface area contributed by atoms with Crippen molar-refractivity contribution in [3.05, 3.63) is 106 Å². The third-order valence-electron chi connectivity index (χ3n) is 5.71. The Morgan fingerprint density at radius 1 is 1.00 bits per heavy atom. The number of nitrogens with zero attached hydrogens (tertiary/aromatic N) is 4. The lowest BCUT2D eigenvalue weighted by Gasteiger charge is -2.13. The van der Waals surface area contributed by atoms with Crippen molar-refractivity contribution >= 4 is 28.9 Å². The number of fused-ring (bicyclic) bond motifs is 3.